The van der Waals surface area contributed by atoms with Crippen molar-refractivity contribution in [3.63, 3.8) is 0 Å². The molecule has 0 bridgehead atoms. The number of ether oxygens (including phenoxy) is 1. The lowest BCUT2D eigenvalue weighted by Gasteiger charge is -2.55. The minimum atomic E-state index is -1.95. The Kier molecular flexibility index (Phi) is 10.7. The van der Waals surface area contributed by atoms with Crippen LogP contribution in [0.3, 0.4) is 0 Å². The van der Waals surface area contributed by atoms with E-state index < -0.39 is 41.6 Å². The molecule has 1 fully saturated rings. The highest BCUT2D eigenvalue weighted by Crippen LogP contribution is 2.39. The van der Waals surface area contributed by atoms with E-state index in [9.17, 15) is 0 Å². The first-order valence-corrected chi connectivity index (χ1v) is 29.4. The second kappa shape index (κ2) is 11.1. The van der Waals surface area contributed by atoms with Gasteiger partial charge < -0.3 is 26.9 Å². The lowest BCUT2D eigenvalue weighted by molar-refractivity contribution is -0.207. The number of hydrogen-bond acceptors (Lipinski definition) is 6. The molecule has 0 aromatic heterocycles. The average Bonchev–Trinajstić information content (AvgIpc) is 2.48. The topological polar surface area (TPSA) is 55.4 Å². The number of methoxy groups -OCH3 is 1. The summed E-state index contributed by atoms with van der Waals surface area (Å²) >= 11 is 0. The van der Waals surface area contributed by atoms with Crippen molar-refractivity contribution in [2.75, 3.05) is 7.11 Å². The van der Waals surface area contributed by atoms with Gasteiger partial charge in [0.25, 0.3) is 0 Å². The summed E-state index contributed by atoms with van der Waals surface area (Å²) in [6, 6.07) is 0. The molecule has 0 aliphatic heterocycles. The van der Waals surface area contributed by atoms with E-state index in [1.807, 2.05) is 0 Å². The third kappa shape index (κ3) is 11.6. The molecule has 1 aliphatic carbocycles. The predicted molar refractivity (Wildman–Crippen MR) is 152 cm³/mol. The van der Waals surface area contributed by atoms with E-state index >= 15 is 0 Å². The maximum absolute atomic E-state index is 6.93. The van der Waals surface area contributed by atoms with Crippen LogP contribution < -0.4 is 0 Å². The van der Waals surface area contributed by atoms with Crippen LogP contribution >= 0.6 is 0 Å². The van der Waals surface area contributed by atoms with E-state index in [1.165, 1.54) is 0 Å². The molecule has 1 aliphatic rings. The Labute approximate surface area is 210 Å². The summed E-state index contributed by atoms with van der Waals surface area (Å²) in [7, 11) is -7.92. The van der Waals surface area contributed by atoms with Gasteiger partial charge in [0.1, 0.15) is 36.6 Å². The first-order valence-electron chi connectivity index (χ1n) is 12.3. The van der Waals surface area contributed by atoms with Crippen LogP contribution in [0.5, 0.6) is 0 Å². The zero-order chi connectivity index (χ0) is 26.2. The first kappa shape index (κ1) is 31.9. The first-order chi connectivity index (χ1) is 14.4. The fourth-order valence-corrected chi connectivity index (χ4v) is 9.53. The summed E-state index contributed by atoms with van der Waals surface area (Å²) < 4.78 is 40.6. The maximum atomic E-state index is 6.93. The lowest BCUT2D eigenvalue weighted by atomic mass is 9.85. The zero-order valence-corrected chi connectivity index (χ0v) is 29.4. The smallest absolute Gasteiger partial charge is 0.184 e. The fraction of sp³-hybridized carbons (Fsp3) is 1.00. The maximum Gasteiger partial charge on any atom is 0.184 e. The van der Waals surface area contributed by atoms with Gasteiger partial charge in [-0.2, -0.15) is 0 Å². The van der Waals surface area contributed by atoms with Crippen LogP contribution in [0.2, 0.25) is 98.2 Å². The van der Waals surface area contributed by atoms with Crippen LogP contribution in [0.4, 0.5) is 0 Å². The zero-order valence-electron chi connectivity index (χ0n) is 24.4. The average molecular weight is 555 g/mol. The van der Waals surface area contributed by atoms with E-state index in [0.29, 0.717) is 0 Å². The minimum Gasteiger partial charge on any atom is -0.409 e. The summed E-state index contributed by atoms with van der Waals surface area (Å²) in [4.78, 5) is 0. The second-order valence-corrected chi connectivity index (χ2v) is 36.5. The Morgan fingerprint density at radius 2 is 0.455 bits per heavy atom. The molecule has 11 heteroatoms. The van der Waals surface area contributed by atoms with E-state index in [2.05, 4.69) is 98.2 Å². The molecule has 0 aromatic rings. The van der Waals surface area contributed by atoms with Gasteiger partial charge in [0.2, 0.25) is 0 Å². The van der Waals surface area contributed by atoms with Crippen molar-refractivity contribution in [3.05, 3.63) is 0 Å². The molecule has 198 valence electrons. The van der Waals surface area contributed by atoms with Gasteiger partial charge in [0.15, 0.2) is 41.6 Å². The van der Waals surface area contributed by atoms with Gasteiger partial charge in [-0.05, 0) is 98.2 Å². The molecule has 0 radical (unpaired) electrons. The Morgan fingerprint density at radius 3 is 0.576 bits per heavy atom. The Balaban J connectivity index is 3.77. The van der Waals surface area contributed by atoms with Crippen LogP contribution in [0.25, 0.3) is 0 Å². The summed E-state index contributed by atoms with van der Waals surface area (Å²) in [5.74, 6) is 0. The quantitative estimate of drug-likeness (QED) is 0.287. The number of hydrogen-bond donors (Lipinski definition) is 0. The van der Waals surface area contributed by atoms with Crippen molar-refractivity contribution in [2.24, 2.45) is 0 Å². The van der Waals surface area contributed by atoms with Gasteiger partial charge in [0.05, 0.1) is 0 Å². The van der Waals surface area contributed by atoms with Gasteiger partial charge in [-0.25, -0.2) is 0 Å². The Bertz CT molecular complexity index is 571. The molecule has 6 nitrogen and oxygen atoms in total. The minimum absolute atomic E-state index is 0.260. The summed E-state index contributed by atoms with van der Waals surface area (Å²) in [5.41, 5.74) is 0. The van der Waals surface area contributed by atoms with Gasteiger partial charge in [0, 0.05) is 7.11 Å². The predicted octanol–water partition coefficient (Wildman–Crippen LogP) is 6.12. The SMILES string of the molecule is COC1[C@H](O[Si](C)(C)C)[C@@H](O[Si](C)(C)C)C(O[Si](C)(C)C)[C@H](O[Si](C)(C)C)[C@H]1O[Si](C)(C)C. The third-order valence-corrected chi connectivity index (χ3v) is 9.56. The third-order valence-electron chi connectivity index (χ3n) is 4.66. The van der Waals surface area contributed by atoms with Crippen LogP contribution in [-0.4, -0.2) is 85.3 Å². The molecule has 0 aromatic carbocycles. The highest BCUT2D eigenvalue weighted by molar-refractivity contribution is 6.71. The molecular formula is C22H54O6Si5. The second-order valence-electron chi connectivity index (χ2n) is 14.2. The number of rotatable bonds is 11. The van der Waals surface area contributed by atoms with Crippen molar-refractivity contribution < 1.29 is 26.9 Å². The van der Waals surface area contributed by atoms with E-state index in [1.54, 1.807) is 7.11 Å². The molecule has 0 amide bonds. The van der Waals surface area contributed by atoms with Crippen LogP contribution in [-0.2, 0) is 26.9 Å². The van der Waals surface area contributed by atoms with E-state index in [4.69, 9.17) is 26.9 Å². The molecule has 0 saturated heterocycles. The highest BCUT2D eigenvalue weighted by atomic mass is 28.4. The van der Waals surface area contributed by atoms with Crippen molar-refractivity contribution in [3.8, 4) is 0 Å². The Morgan fingerprint density at radius 1 is 0.303 bits per heavy atom. The van der Waals surface area contributed by atoms with E-state index in [-0.39, 0.29) is 36.6 Å². The molecule has 1 rings (SSSR count). The van der Waals surface area contributed by atoms with Crippen LogP contribution in [0.15, 0.2) is 0 Å². The molecule has 0 spiro atoms. The van der Waals surface area contributed by atoms with Crippen LogP contribution in [0.1, 0.15) is 0 Å². The summed E-state index contributed by atoms with van der Waals surface area (Å²) in [6.45, 7) is 33.4. The Hall–Kier alpha value is 0.844. The molecule has 0 N–H and O–H groups in total. The molecule has 1 saturated carbocycles. The van der Waals surface area contributed by atoms with E-state index in [0.717, 1.165) is 0 Å². The van der Waals surface area contributed by atoms with Gasteiger partial charge >= 0.3 is 0 Å². The monoisotopic (exact) mass is 554 g/mol. The standard InChI is InChI=1S/C22H54O6Si5/c1-23-17-18(24-29(2,3)4)20(26-31(8,9)10)22(28-33(14,15)16)21(27-32(11,12)13)19(17)25-30(5,6)7/h17-22H,1-16H3/t17?,18-,19-,20+,21+,22?/m0/s1. The van der Waals surface area contributed by atoms with Crippen LogP contribution in [0, 0.1) is 0 Å². The molecule has 4 atom stereocenters. The summed E-state index contributed by atoms with van der Waals surface area (Å²) in [6.07, 6.45) is -1.60. The largest absolute Gasteiger partial charge is 0.409 e. The lowest BCUT2D eigenvalue weighted by Crippen LogP contribution is -2.72. The summed E-state index contributed by atoms with van der Waals surface area (Å²) in [5, 5.41) is 0. The van der Waals surface area contributed by atoms with Crippen molar-refractivity contribution >= 4 is 41.6 Å². The molecule has 33 heavy (non-hydrogen) atoms. The van der Waals surface area contributed by atoms with Crippen molar-refractivity contribution in [1.29, 1.82) is 0 Å². The van der Waals surface area contributed by atoms with Gasteiger partial charge in [-0.1, -0.05) is 0 Å². The van der Waals surface area contributed by atoms with Crippen molar-refractivity contribution in [2.45, 2.75) is 135 Å². The van der Waals surface area contributed by atoms with Gasteiger partial charge in [-0.15, -0.1) is 0 Å². The highest BCUT2D eigenvalue weighted by Gasteiger charge is 2.57. The fourth-order valence-electron chi connectivity index (χ4n) is 4.10. The molecular weight excluding hydrogens is 501 g/mol. The molecule has 0 unspecified atom stereocenters. The van der Waals surface area contributed by atoms with Crippen molar-refractivity contribution in [1.82, 2.24) is 0 Å². The van der Waals surface area contributed by atoms with Gasteiger partial charge in [-0.3, -0.25) is 0 Å². The normalized spacial score (nSPS) is 30.5. The molecule has 0 heterocycles.